The molecule has 0 unspecified atom stereocenters. The lowest BCUT2D eigenvalue weighted by Crippen LogP contribution is -2.36. The lowest BCUT2D eigenvalue weighted by atomic mass is 9.95. The summed E-state index contributed by atoms with van der Waals surface area (Å²) in [5.74, 6) is -1.99. The molecule has 0 aromatic rings. The number of carbonyl (C=O) groups is 3. The zero-order valence-corrected chi connectivity index (χ0v) is 11.6. The van der Waals surface area contributed by atoms with Crippen LogP contribution in [0.5, 0.6) is 0 Å². The van der Waals surface area contributed by atoms with Crippen molar-refractivity contribution in [2.24, 2.45) is 11.8 Å². The molecule has 0 saturated heterocycles. The van der Waals surface area contributed by atoms with Crippen molar-refractivity contribution in [3.05, 3.63) is 0 Å². The number of carboxylic acid groups (broad SMARTS) is 1. The third-order valence-electron chi connectivity index (χ3n) is 3.99. The van der Waals surface area contributed by atoms with Crippen molar-refractivity contribution in [3.8, 4) is 0 Å². The first-order valence-corrected chi connectivity index (χ1v) is 7.38. The molecule has 112 valence electrons. The summed E-state index contributed by atoms with van der Waals surface area (Å²) >= 11 is 0. The van der Waals surface area contributed by atoms with E-state index in [0.29, 0.717) is 38.3 Å². The van der Waals surface area contributed by atoms with Crippen LogP contribution in [-0.2, 0) is 14.4 Å². The van der Waals surface area contributed by atoms with Crippen LogP contribution in [-0.4, -0.2) is 35.5 Å². The largest absolute Gasteiger partial charge is 0.481 e. The third kappa shape index (κ3) is 4.21. The van der Waals surface area contributed by atoms with Crippen molar-refractivity contribution in [3.63, 3.8) is 0 Å². The van der Waals surface area contributed by atoms with Crippen molar-refractivity contribution >= 4 is 17.8 Å². The quantitative estimate of drug-likeness (QED) is 0.598. The lowest BCUT2D eigenvalue weighted by Gasteiger charge is -2.15. The number of carboxylic acids is 1. The van der Waals surface area contributed by atoms with E-state index in [4.69, 9.17) is 5.11 Å². The average Bonchev–Trinajstić information content (AvgIpc) is 3.06. The number of hydrogen-bond acceptors (Lipinski definition) is 3. The Balaban J connectivity index is 1.61. The van der Waals surface area contributed by atoms with Crippen LogP contribution in [0.25, 0.3) is 0 Å². The maximum absolute atomic E-state index is 11.9. The SMILES string of the molecule is O=C(CCCNC(=O)[C@@H]1CCC[C@@H]1C(=O)O)NC1CC1. The Morgan fingerprint density at radius 3 is 2.40 bits per heavy atom. The highest BCUT2D eigenvalue weighted by atomic mass is 16.4. The first kappa shape index (κ1) is 14.8. The second-order valence-corrected chi connectivity index (χ2v) is 5.72. The van der Waals surface area contributed by atoms with E-state index >= 15 is 0 Å². The Morgan fingerprint density at radius 2 is 1.75 bits per heavy atom. The summed E-state index contributed by atoms with van der Waals surface area (Å²) in [7, 11) is 0. The van der Waals surface area contributed by atoms with E-state index in [1.54, 1.807) is 0 Å². The minimum atomic E-state index is -0.883. The summed E-state index contributed by atoms with van der Waals surface area (Å²) < 4.78 is 0. The summed E-state index contributed by atoms with van der Waals surface area (Å²) in [4.78, 5) is 34.4. The summed E-state index contributed by atoms with van der Waals surface area (Å²) in [6.07, 6.45) is 5.15. The minimum Gasteiger partial charge on any atom is -0.481 e. The lowest BCUT2D eigenvalue weighted by molar-refractivity contribution is -0.146. The van der Waals surface area contributed by atoms with Gasteiger partial charge in [0.15, 0.2) is 0 Å². The molecule has 0 aromatic heterocycles. The van der Waals surface area contributed by atoms with E-state index in [1.165, 1.54) is 0 Å². The molecule has 6 nitrogen and oxygen atoms in total. The maximum Gasteiger partial charge on any atom is 0.307 e. The average molecular weight is 282 g/mol. The van der Waals surface area contributed by atoms with Gasteiger partial charge in [-0.05, 0) is 32.1 Å². The van der Waals surface area contributed by atoms with Crippen molar-refractivity contribution in [1.82, 2.24) is 10.6 Å². The van der Waals surface area contributed by atoms with Gasteiger partial charge in [-0.25, -0.2) is 0 Å². The van der Waals surface area contributed by atoms with Crippen LogP contribution in [0.1, 0.15) is 44.9 Å². The van der Waals surface area contributed by atoms with Gasteiger partial charge in [0.2, 0.25) is 11.8 Å². The Kier molecular flexibility index (Phi) is 4.98. The number of nitrogens with one attached hydrogen (secondary N) is 2. The van der Waals surface area contributed by atoms with Crippen LogP contribution in [0.2, 0.25) is 0 Å². The van der Waals surface area contributed by atoms with Gasteiger partial charge < -0.3 is 15.7 Å². The fraction of sp³-hybridized carbons (Fsp3) is 0.786. The molecule has 2 amide bonds. The molecule has 0 radical (unpaired) electrons. The Labute approximate surface area is 118 Å². The summed E-state index contributed by atoms with van der Waals surface area (Å²) in [5, 5.41) is 14.7. The highest BCUT2D eigenvalue weighted by Gasteiger charge is 2.37. The molecular formula is C14H22N2O4. The second-order valence-electron chi connectivity index (χ2n) is 5.72. The van der Waals surface area contributed by atoms with Gasteiger partial charge in [-0.15, -0.1) is 0 Å². The van der Waals surface area contributed by atoms with Gasteiger partial charge in [-0.2, -0.15) is 0 Å². The predicted octanol–water partition coefficient (Wildman–Crippen LogP) is 0.662. The zero-order chi connectivity index (χ0) is 14.5. The van der Waals surface area contributed by atoms with Crippen molar-refractivity contribution < 1.29 is 19.5 Å². The Hall–Kier alpha value is -1.59. The van der Waals surface area contributed by atoms with E-state index in [1.807, 2.05) is 0 Å². The number of aliphatic carboxylic acids is 1. The standard InChI is InChI=1S/C14H22N2O4/c17-12(16-9-6-7-9)5-2-8-15-13(18)10-3-1-4-11(10)14(19)20/h9-11H,1-8H2,(H,15,18)(H,16,17)(H,19,20)/t10-,11+/m1/s1. The molecule has 20 heavy (non-hydrogen) atoms. The number of amides is 2. The van der Waals surface area contributed by atoms with Crippen molar-refractivity contribution in [1.29, 1.82) is 0 Å². The topological polar surface area (TPSA) is 95.5 Å². The van der Waals surface area contributed by atoms with Gasteiger partial charge in [-0.1, -0.05) is 6.42 Å². The van der Waals surface area contributed by atoms with Crippen LogP contribution in [0.3, 0.4) is 0 Å². The smallest absolute Gasteiger partial charge is 0.307 e. The molecular weight excluding hydrogens is 260 g/mol. The molecule has 0 heterocycles. The minimum absolute atomic E-state index is 0.0334. The molecule has 2 atom stereocenters. The molecule has 0 spiro atoms. The molecule has 2 rings (SSSR count). The molecule has 0 bridgehead atoms. The number of hydrogen-bond donors (Lipinski definition) is 3. The summed E-state index contributed by atoms with van der Waals surface area (Å²) in [5.41, 5.74) is 0. The highest BCUT2D eigenvalue weighted by molar-refractivity contribution is 5.85. The van der Waals surface area contributed by atoms with Crippen LogP contribution in [0.4, 0.5) is 0 Å². The first-order chi connectivity index (χ1) is 9.58. The molecule has 2 saturated carbocycles. The first-order valence-electron chi connectivity index (χ1n) is 7.38. The van der Waals surface area contributed by atoms with Crippen molar-refractivity contribution in [2.45, 2.75) is 51.0 Å². The normalized spacial score (nSPS) is 25.2. The number of carbonyl (C=O) groups excluding carboxylic acids is 2. The van der Waals surface area contributed by atoms with Crippen molar-refractivity contribution in [2.75, 3.05) is 6.54 Å². The van der Waals surface area contributed by atoms with Gasteiger partial charge in [0.1, 0.15) is 0 Å². The summed E-state index contributed by atoms with van der Waals surface area (Å²) in [6.45, 7) is 0.430. The monoisotopic (exact) mass is 282 g/mol. The molecule has 2 fully saturated rings. The van der Waals surface area contributed by atoms with E-state index in [-0.39, 0.29) is 11.8 Å². The molecule has 2 aliphatic carbocycles. The zero-order valence-electron chi connectivity index (χ0n) is 11.6. The maximum atomic E-state index is 11.9. The molecule has 3 N–H and O–H groups in total. The van der Waals surface area contributed by atoms with E-state index in [9.17, 15) is 14.4 Å². The third-order valence-corrected chi connectivity index (χ3v) is 3.99. The molecule has 2 aliphatic rings. The van der Waals surface area contributed by atoms with Crippen LogP contribution < -0.4 is 10.6 Å². The predicted molar refractivity (Wildman–Crippen MR) is 71.9 cm³/mol. The van der Waals surface area contributed by atoms with E-state index in [0.717, 1.165) is 19.3 Å². The van der Waals surface area contributed by atoms with Crippen LogP contribution >= 0.6 is 0 Å². The van der Waals surface area contributed by atoms with Crippen LogP contribution in [0, 0.1) is 11.8 Å². The molecule has 0 aliphatic heterocycles. The Bertz CT molecular complexity index is 393. The second kappa shape index (κ2) is 6.72. The van der Waals surface area contributed by atoms with Gasteiger partial charge in [0.05, 0.1) is 11.8 Å². The molecule has 6 heteroatoms. The van der Waals surface area contributed by atoms with E-state index in [2.05, 4.69) is 10.6 Å². The fourth-order valence-electron chi connectivity index (χ4n) is 2.69. The van der Waals surface area contributed by atoms with Crippen LogP contribution in [0.15, 0.2) is 0 Å². The molecule has 0 aromatic carbocycles. The Morgan fingerprint density at radius 1 is 1.05 bits per heavy atom. The summed E-state index contributed by atoms with van der Waals surface area (Å²) in [6, 6.07) is 0.368. The fourth-order valence-corrected chi connectivity index (χ4v) is 2.69. The van der Waals surface area contributed by atoms with Gasteiger partial charge in [-0.3, -0.25) is 14.4 Å². The number of rotatable bonds is 7. The van der Waals surface area contributed by atoms with Gasteiger partial charge in [0, 0.05) is 19.0 Å². The van der Waals surface area contributed by atoms with Gasteiger partial charge >= 0.3 is 5.97 Å². The van der Waals surface area contributed by atoms with E-state index < -0.39 is 17.8 Å². The highest BCUT2D eigenvalue weighted by Crippen LogP contribution is 2.31. The van der Waals surface area contributed by atoms with Gasteiger partial charge in [0.25, 0.3) is 0 Å².